The molecule has 0 atom stereocenters. The maximum Gasteiger partial charge on any atom is 0.254 e. The largest absolute Gasteiger partial charge is 0.493 e. The number of benzene rings is 1. The molecule has 0 aromatic heterocycles. The predicted molar refractivity (Wildman–Crippen MR) is 94.0 cm³/mol. The molecule has 0 saturated carbocycles. The molecule has 3 rings (SSSR count). The first-order valence-electron chi connectivity index (χ1n) is 8.58. The number of piperidine rings is 1. The average Bonchev–Trinajstić information content (AvgIpc) is 3.09. The fraction of sp³-hybridized carbons (Fsp3) is 0.526. The van der Waals surface area contributed by atoms with E-state index in [0.29, 0.717) is 56.2 Å². The van der Waals surface area contributed by atoms with Gasteiger partial charge in [0.05, 0.1) is 27.4 Å². The first kappa shape index (κ1) is 17.8. The van der Waals surface area contributed by atoms with Gasteiger partial charge in [0, 0.05) is 37.1 Å². The van der Waals surface area contributed by atoms with E-state index in [0.717, 1.165) is 5.56 Å². The molecule has 2 saturated heterocycles. The van der Waals surface area contributed by atoms with Crippen molar-refractivity contribution < 1.29 is 23.7 Å². The summed E-state index contributed by atoms with van der Waals surface area (Å²) in [4.78, 5) is 14.8. The quantitative estimate of drug-likeness (QED) is 0.838. The van der Waals surface area contributed by atoms with Crippen LogP contribution in [0, 0.1) is 0 Å². The molecule has 2 heterocycles. The summed E-state index contributed by atoms with van der Waals surface area (Å²) >= 11 is 0. The molecular formula is C19H25NO5. The summed E-state index contributed by atoms with van der Waals surface area (Å²) in [5.74, 6) is 0.684. The van der Waals surface area contributed by atoms with Gasteiger partial charge in [-0.25, -0.2) is 0 Å². The van der Waals surface area contributed by atoms with Crippen LogP contribution in [0.1, 0.15) is 35.7 Å². The van der Waals surface area contributed by atoms with E-state index in [9.17, 15) is 4.79 Å². The van der Waals surface area contributed by atoms with Crippen LogP contribution in [-0.2, 0) is 9.47 Å². The summed E-state index contributed by atoms with van der Waals surface area (Å²) in [5, 5.41) is 0. The number of likely N-dealkylation sites (tertiary alicyclic amines) is 1. The van der Waals surface area contributed by atoms with Crippen molar-refractivity contribution in [2.45, 2.75) is 25.6 Å². The monoisotopic (exact) mass is 347 g/mol. The normalized spacial score (nSPS) is 19.6. The fourth-order valence-corrected chi connectivity index (χ4v) is 3.44. The minimum Gasteiger partial charge on any atom is -0.493 e. The molecule has 6 heteroatoms. The average molecular weight is 347 g/mol. The van der Waals surface area contributed by atoms with Crippen LogP contribution in [-0.4, -0.2) is 57.1 Å². The zero-order valence-electron chi connectivity index (χ0n) is 15.0. The van der Waals surface area contributed by atoms with E-state index in [1.54, 1.807) is 20.3 Å². The SMILES string of the molecule is C/C=C/c1cc(C(=O)N2CCC3(CC2)OCCO3)cc(OC)c1OC. The molecule has 0 bridgehead atoms. The highest BCUT2D eigenvalue weighted by Gasteiger charge is 2.41. The smallest absolute Gasteiger partial charge is 0.254 e. The van der Waals surface area contributed by atoms with Gasteiger partial charge in [-0.3, -0.25) is 4.79 Å². The number of rotatable bonds is 4. The Bertz CT molecular complexity index is 654. The Hall–Kier alpha value is -2.05. The Morgan fingerprint density at radius 3 is 2.40 bits per heavy atom. The van der Waals surface area contributed by atoms with Gasteiger partial charge in [-0.15, -0.1) is 0 Å². The molecule has 2 fully saturated rings. The van der Waals surface area contributed by atoms with Gasteiger partial charge in [-0.2, -0.15) is 0 Å². The van der Waals surface area contributed by atoms with Crippen molar-refractivity contribution in [3.05, 3.63) is 29.3 Å². The summed E-state index contributed by atoms with van der Waals surface area (Å²) < 4.78 is 22.3. The van der Waals surface area contributed by atoms with Crippen LogP contribution in [0.25, 0.3) is 6.08 Å². The highest BCUT2D eigenvalue weighted by molar-refractivity contribution is 5.96. The van der Waals surface area contributed by atoms with Crippen LogP contribution in [0.4, 0.5) is 0 Å². The topological polar surface area (TPSA) is 57.2 Å². The maximum absolute atomic E-state index is 13.0. The third kappa shape index (κ3) is 3.50. The number of hydrogen-bond donors (Lipinski definition) is 0. The summed E-state index contributed by atoms with van der Waals surface area (Å²) in [7, 11) is 3.17. The Kier molecular flexibility index (Phi) is 5.30. The van der Waals surface area contributed by atoms with E-state index >= 15 is 0 Å². The molecule has 2 aliphatic rings. The van der Waals surface area contributed by atoms with Crippen molar-refractivity contribution in [2.24, 2.45) is 0 Å². The number of amides is 1. The second-order valence-electron chi connectivity index (χ2n) is 6.20. The zero-order chi connectivity index (χ0) is 17.9. The summed E-state index contributed by atoms with van der Waals surface area (Å²) in [6.07, 6.45) is 5.22. The van der Waals surface area contributed by atoms with Gasteiger partial charge in [0.25, 0.3) is 5.91 Å². The number of carbonyl (C=O) groups excluding carboxylic acids is 1. The van der Waals surface area contributed by atoms with E-state index in [1.165, 1.54) is 0 Å². The number of methoxy groups -OCH3 is 2. The predicted octanol–water partition coefficient (Wildman–Crippen LogP) is 2.72. The molecule has 0 radical (unpaired) electrons. The lowest BCUT2D eigenvalue weighted by atomic mass is 10.0. The number of nitrogens with zero attached hydrogens (tertiary/aromatic N) is 1. The van der Waals surface area contributed by atoms with Gasteiger partial charge < -0.3 is 23.8 Å². The minimum absolute atomic E-state index is 0.0143. The summed E-state index contributed by atoms with van der Waals surface area (Å²) in [6.45, 7) is 4.43. The van der Waals surface area contributed by atoms with Crippen molar-refractivity contribution in [1.29, 1.82) is 0 Å². The molecular weight excluding hydrogens is 322 g/mol. The Labute approximate surface area is 148 Å². The fourth-order valence-electron chi connectivity index (χ4n) is 3.44. The van der Waals surface area contributed by atoms with Crippen molar-refractivity contribution >= 4 is 12.0 Å². The molecule has 2 aliphatic heterocycles. The third-order valence-corrected chi connectivity index (χ3v) is 4.73. The van der Waals surface area contributed by atoms with Gasteiger partial charge in [0.15, 0.2) is 17.3 Å². The lowest BCUT2D eigenvalue weighted by Gasteiger charge is -2.37. The Morgan fingerprint density at radius 1 is 1.16 bits per heavy atom. The number of hydrogen-bond acceptors (Lipinski definition) is 5. The van der Waals surface area contributed by atoms with Crippen LogP contribution in [0.15, 0.2) is 18.2 Å². The van der Waals surface area contributed by atoms with E-state index in [4.69, 9.17) is 18.9 Å². The molecule has 0 aliphatic carbocycles. The molecule has 6 nitrogen and oxygen atoms in total. The van der Waals surface area contributed by atoms with Crippen molar-refractivity contribution in [3.63, 3.8) is 0 Å². The number of allylic oxidation sites excluding steroid dienone is 1. The van der Waals surface area contributed by atoms with Crippen LogP contribution in [0.3, 0.4) is 0 Å². The van der Waals surface area contributed by atoms with Crippen LogP contribution >= 0.6 is 0 Å². The first-order chi connectivity index (χ1) is 12.1. The van der Waals surface area contributed by atoms with Crippen molar-refractivity contribution in [1.82, 2.24) is 4.90 Å². The van der Waals surface area contributed by atoms with E-state index in [-0.39, 0.29) is 5.91 Å². The van der Waals surface area contributed by atoms with Gasteiger partial charge >= 0.3 is 0 Å². The minimum atomic E-state index is -0.482. The standard InChI is InChI=1S/C19H25NO5/c1-4-5-14-12-15(13-16(22-2)17(14)23-3)18(21)20-8-6-19(7-9-20)24-10-11-25-19/h4-5,12-13H,6-11H2,1-3H3/b5-4+. The molecule has 0 unspecified atom stereocenters. The lowest BCUT2D eigenvalue weighted by molar-refractivity contribution is -0.181. The van der Waals surface area contributed by atoms with Crippen molar-refractivity contribution in [3.8, 4) is 11.5 Å². The molecule has 1 spiro atoms. The highest BCUT2D eigenvalue weighted by atomic mass is 16.7. The molecule has 25 heavy (non-hydrogen) atoms. The zero-order valence-corrected chi connectivity index (χ0v) is 15.0. The summed E-state index contributed by atoms with van der Waals surface area (Å²) in [5.41, 5.74) is 1.42. The van der Waals surface area contributed by atoms with Gasteiger partial charge in [-0.05, 0) is 19.1 Å². The molecule has 1 aromatic carbocycles. The first-order valence-corrected chi connectivity index (χ1v) is 8.58. The number of carbonyl (C=O) groups is 1. The van der Waals surface area contributed by atoms with Gasteiger partial charge in [0.2, 0.25) is 0 Å². The van der Waals surface area contributed by atoms with E-state index in [1.807, 2.05) is 30.0 Å². The Balaban J connectivity index is 1.81. The second-order valence-corrected chi connectivity index (χ2v) is 6.20. The van der Waals surface area contributed by atoms with Crippen molar-refractivity contribution in [2.75, 3.05) is 40.5 Å². The van der Waals surface area contributed by atoms with Crippen LogP contribution in [0.2, 0.25) is 0 Å². The maximum atomic E-state index is 13.0. The molecule has 136 valence electrons. The Morgan fingerprint density at radius 2 is 1.84 bits per heavy atom. The van der Waals surface area contributed by atoms with Crippen LogP contribution in [0.5, 0.6) is 11.5 Å². The lowest BCUT2D eigenvalue weighted by Crippen LogP contribution is -2.47. The summed E-state index contributed by atoms with van der Waals surface area (Å²) in [6, 6.07) is 3.58. The molecule has 0 N–H and O–H groups in total. The third-order valence-electron chi connectivity index (χ3n) is 4.73. The second kappa shape index (κ2) is 7.45. The van der Waals surface area contributed by atoms with Crippen LogP contribution < -0.4 is 9.47 Å². The number of ether oxygens (including phenoxy) is 4. The molecule has 1 aromatic rings. The van der Waals surface area contributed by atoms with E-state index in [2.05, 4.69) is 0 Å². The molecule has 1 amide bonds. The van der Waals surface area contributed by atoms with Gasteiger partial charge in [0.1, 0.15) is 0 Å². The van der Waals surface area contributed by atoms with E-state index < -0.39 is 5.79 Å². The van der Waals surface area contributed by atoms with Gasteiger partial charge in [-0.1, -0.05) is 12.2 Å². The highest BCUT2D eigenvalue weighted by Crippen LogP contribution is 2.35.